The van der Waals surface area contributed by atoms with Crippen LogP contribution in [0.4, 0.5) is 43.9 Å². The minimum absolute atomic E-state index is 0.00771. The molecule has 126 heavy (non-hydrogen) atoms. The summed E-state index contributed by atoms with van der Waals surface area (Å²) in [6.45, 7) is 0.127. The molecule has 2 fully saturated rings. The van der Waals surface area contributed by atoms with E-state index in [1.165, 1.54) is 42.5 Å². The van der Waals surface area contributed by atoms with E-state index in [-0.39, 0.29) is 124 Å². The van der Waals surface area contributed by atoms with Crippen LogP contribution in [-0.4, -0.2) is 103 Å². The summed E-state index contributed by atoms with van der Waals surface area (Å²) in [7, 11) is 0. The molecule has 7 heterocycles. The third-order valence-electron chi connectivity index (χ3n) is 23.0. The zero-order valence-corrected chi connectivity index (χ0v) is 67.9. The van der Waals surface area contributed by atoms with E-state index in [1.807, 2.05) is 243 Å². The summed E-state index contributed by atoms with van der Waals surface area (Å²) in [6.07, 6.45) is -2.63. The molecule has 0 amide bonds. The number of benzene rings is 10. The lowest BCUT2D eigenvalue weighted by atomic mass is 9.88. The van der Waals surface area contributed by atoms with Gasteiger partial charge in [0.1, 0.15) is 48.8 Å². The van der Waals surface area contributed by atoms with Crippen molar-refractivity contribution in [3.63, 3.8) is 0 Å². The molecule has 11 aromatic rings. The molecule has 14 nitrogen and oxygen atoms in total. The van der Waals surface area contributed by atoms with Gasteiger partial charge in [0.25, 0.3) is 0 Å². The number of halogens is 10. The molecule has 8 bridgehead atoms. The minimum Gasteiger partial charge on any atom is -0.374 e. The number of hydrogen-bond donors (Lipinski definition) is 2. The largest absolute Gasteiger partial charge is 0.374 e. The third kappa shape index (κ3) is 19.5. The Hall–Kier alpha value is -11.9. The van der Waals surface area contributed by atoms with Crippen LogP contribution in [0.5, 0.6) is 0 Å². The SMILES string of the molecule is Fc1c(F)c(F)c(/C2=C3\C=CC(=N3)/C(C[C@H]3O[C@H](COCc4ccccc4)[C@@H](OCc4ccccc4)[C@H](OCc4ccccc4)[C@H]3OCc3ccccc3)=c3/cc/c([nH]3)=C(\c3c(F)c(F)c(F)c(F)c3F)C3=N/C(=C(/C[C@H]4O[C@H](COCc5ccccc5)[C@@H](OCc5ccccc5)[C@H](OCc5ccccc5)[C@H]4OCc4ccccc4)C4C=CC2N4)C=C3)c(F)c1F. The third-order valence-corrected chi connectivity index (χ3v) is 23.0. The lowest BCUT2D eigenvalue weighted by molar-refractivity contribution is -0.272. The van der Waals surface area contributed by atoms with E-state index >= 15 is 43.9 Å². The summed E-state index contributed by atoms with van der Waals surface area (Å²) < 4.78 is 237. The normalized spacial score (nSPS) is 24.2. The van der Waals surface area contributed by atoms with E-state index in [2.05, 4.69) is 10.3 Å². The van der Waals surface area contributed by atoms with Crippen molar-refractivity contribution in [3.8, 4) is 0 Å². The van der Waals surface area contributed by atoms with Crippen molar-refractivity contribution in [1.82, 2.24) is 10.3 Å². The van der Waals surface area contributed by atoms with E-state index in [4.69, 9.17) is 57.4 Å². The van der Waals surface area contributed by atoms with Gasteiger partial charge in [-0.15, -0.1) is 0 Å². The average molecular weight is 1720 g/mol. The van der Waals surface area contributed by atoms with Crippen molar-refractivity contribution < 1.29 is 91.3 Å². The smallest absolute Gasteiger partial charge is 0.200 e. The summed E-state index contributed by atoms with van der Waals surface area (Å²) in [6, 6.07) is 75.2. The van der Waals surface area contributed by atoms with E-state index in [1.54, 1.807) is 6.08 Å². The van der Waals surface area contributed by atoms with Crippen molar-refractivity contribution >= 4 is 28.1 Å². The predicted molar refractivity (Wildman–Crippen MR) is 454 cm³/mol. The molecule has 0 saturated carbocycles. The van der Waals surface area contributed by atoms with E-state index < -0.39 is 154 Å². The Morgan fingerprint density at radius 3 is 0.992 bits per heavy atom. The molecule has 17 rings (SSSR count). The van der Waals surface area contributed by atoms with Crippen LogP contribution in [0.2, 0.25) is 0 Å². The second kappa shape index (κ2) is 40.2. The molecule has 12 atom stereocenters. The molecule has 644 valence electrons. The van der Waals surface area contributed by atoms with Gasteiger partial charge in [0.2, 0.25) is 11.6 Å². The Labute approximate surface area is 720 Å². The van der Waals surface area contributed by atoms with E-state index in [0.29, 0.717) is 0 Å². The molecule has 10 aromatic carbocycles. The quantitative estimate of drug-likeness (QED) is 0.0180. The molecule has 24 heteroatoms. The first kappa shape index (κ1) is 86.2. The van der Waals surface area contributed by atoms with Gasteiger partial charge in [-0.3, -0.25) is 5.32 Å². The second-order valence-electron chi connectivity index (χ2n) is 31.3. The van der Waals surface area contributed by atoms with Gasteiger partial charge < -0.3 is 52.4 Å². The minimum atomic E-state index is -2.43. The van der Waals surface area contributed by atoms with Gasteiger partial charge in [0, 0.05) is 46.3 Å². The first-order chi connectivity index (χ1) is 61.6. The lowest BCUT2D eigenvalue weighted by Crippen LogP contribution is -2.61. The van der Waals surface area contributed by atoms with Crippen LogP contribution in [-0.2, 0) is 100 Å². The van der Waals surface area contributed by atoms with Gasteiger partial charge in [-0.1, -0.05) is 255 Å². The number of ether oxygens (including phenoxy) is 10. The van der Waals surface area contributed by atoms with Gasteiger partial charge in [-0.2, -0.15) is 0 Å². The topological polar surface area (TPSA) is 145 Å². The fraction of sp³-hybridized carbons (Fsp3) is 0.235. The fourth-order valence-electron chi connectivity index (χ4n) is 16.8. The highest BCUT2D eigenvalue weighted by Crippen LogP contribution is 2.43. The second-order valence-corrected chi connectivity index (χ2v) is 31.3. The monoisotopic (exact) mass is 1720 g/mol. The van der Waals surface area contributed by atoms with Gasteiger partial charge in [0.05, 0.1) is 118 Å². The number of aromatic amines is 1. The molecule has 0 aliphatic carbocycles. The molecule has 6 aliphatic rings. The Balaban J connectivity index is 0.866. The maximum atomic E-state index is 17.4. The van der Waals surface area contributed by atoms with Crippen LogP contribution in [0.25, 0.3) is 16.7 Å². The molecular formula is C102H86F10N4O10. The van der Waals surface area contributed by atoms with E-state index in [0.717, 1.165) is 44.5 Å². The molecule has 2 unspecified atom stereocenters. The number of fused-ring (bicyclic) bond motifs is 6. The highest BCUT2D eigenvalue weighted by atomic mass is 19.2. The Kier molecular flexibility index (Phi) is 27.5. The maximum Gasteiger partial charge on any atom is 0.200 e. The van der Waals surface area contributed by atoms with Gasteiger partial charge >= 0.3 is 0 Å². The molecule has 2 N–H and O–H groups in total. The Morgan fingerprint density at radius 2 is 0.595 bits per heavy atom. The number of nitrogens with zero attached hydrogens (tertiary/aromatic N) is 2. The van der Waals surface area contributed by atoms with Crippen molar-refractivity contribution in [2.75, 3.05) is 13.2 Å². The van der Waals surface area contributed by atoms with E-state index in [9.17, 15) is 0 Å². The highest BCUT2D eigenvalue weighted by Gasteiger charge is 2.52. The maximum absolute atomic E-state index is 17.4. The summed E-state index contributed by atoms with van der Waals surface area (Å²) in [5, 5.41) is 3.19. The number of rotatable bonds is 32. The van der Waals surface area contributed by atoms with Gasteiger partial charge in [0.15, 0.2) is 46.5 Å². The van der Waals surface area contributed by atoms with Crippen molar-refractivity contribution in [2.24, 2.45) is 9.98 Å². The Morgan fingerprint density at radius 1 is 0.286 bits per heavy atom. The number of aromatic nitrogens is 1. The molecule has 6 aliphatic heterocycles. The average Bonchev–Trinajstić information content (AvgIpc) is 1.64. The number of H-pyrrole nitrogens is 1. The standard InChI is InChI=1S/C102H86F10N4O10/c103-87-85(88(104)92(108)95(111)91(87)107)83-75-45-41-71(113-75)69(49-79-97(119-53-63-29-13-3-14-30-63)101(123-57-67-37-21-7-22-38-67)99(121-55-65-33-17-5-18-34-65)81(125-79)59-117-51-61-25-9-1-10-26-61)72-42-46-76(114-72)84(86-89(105)93(109)96(112)94(110)90(86)106)78-48-44-74(116-78)70(73-43-47-77(83)115-73)50-80-98(120-54-64-31-15-4-16-32-64)102(124-58-68-39-23-8-24-40-68)100(122-56-66-35-19-6-20-36-66)82(126-80)60-118-52-62-27-11-2-12-28-62/h1-48,71,75,79-82,97-102,113,116H,49-60H2/b72-69-,74-70-,83-77+,84-78+/t71?,75?,79-,80-,81-,82-,97+,98+,99-,100-,101-,102-/m1/s1. The molecule has 0 radical (unpaired) electrons. The summed E-state index contributed by atoms with van der Waals surface area (Å²) >= 11 is 0. The first-order valence-corrected chi connectivity index (χ1v) is 41.5. The van der Waals surface area contributed by atoms with Crippen molar-refractivity contribution in [2.45, 2.75) is 139 Å². The summed E-state index contributed by atoms with van der Waals surface area (Å²) in [4.78, 5) is 13.5. The lowest BCUT2D eigenvalue weighted by Gasteiger charge is -2.47. The zero-order valence-electron chi connectivity index (χ0n) is 67.9. The van der Waals surface area contributed by atoms with Crippen molar-refractivity contribution in [3.05, 3.63) is 433 Å². The number of aliphatic imine (C=N–C) groups is 2. The summed E-state index contributed by atoms with van der Waals surface area (Å²) in [5.74, 6) is -22.6. The molecular weight excluding hydrogens is 1630 g/mol. The van der Waals surface area contributed by atoms with Crippen LogP contribution >= 0.6 is 0 Å². The predicted octanol–water partition coefficient (Wildman–Crippen LogP) is 18.6. The zero-order chi connectivity index (χ0) is 86.6. The van der Waals surface area contributed by atoms with Crippen LogP contribution in [0, 0.1) is 58.2 Å². The van der Waals surface area contributed by atoms with Gasteiger partial charge in [-0.05, 0) is 86.5 Å². The highest BCUT2D eigenvalue weighted by molar-refractivity contribution is 6.30. The van der Waals surface area contributed by atoms with Crippen LogP contribution in [0.15, 0.2) is 318 Å². The van der Waals surface area contributed by atoms with Crippen LogP contribution < -0.4 is 16.0 Å². The Bertz CT molecular complexity index is 5960. The fourth-order valence-corrected chi connectivity index (χ4v) is 16.8. The first-order valence-electron chi connectivity index (χ1n) is 41.5. The molecule has 2 saturated heterocycles. The van der Waals surface area contributed by atoms with Crippen LogP contribution in [0.3, 0.4) is 0 Å². The number of nitrogens with one attached hydrogen (secondary N) is 2. The molecule has 1 aromatic heterocycles. The molecule has 0 spiro atoms. The summed E-state index contributed by atoms with van der Waals surface area (Å²) in [5.41, 5.74) is 2.19. The van der Waals surface area contributed by atoms with Crippen LogP contribution in [0.1, 0.15) is 68.5 Å². The van der Waals surface area contributed by atoms with Crippen molar-refractivity contribution in [1.29, 1.82) is 0 Å². The number of allylic oxidation sites excluding steroid dienone is 4. The number of hydrogen-bond acceptors (Lipinski definition) is 13. The van der Waals surface area contributed by atoms with Gasteiger partial charge in [-0.25, -0.2) is 53.9 Å².